The van der Waals surface area contributed by atoms with Crippen molar-refractivity contribution in [3.63, 3.8) is 0 Å². The van der Waals surface area contributed by atoms with Gasteiger partial charge in [-0.1, -0.05) is 6.92 Å². The van der Waals surface area contributed by atoms with Gasteiger partial charge in [-0.05, 0) is 25.1 Å². The summed E-state index contributed by atoms with van der Waals surface area (Å²) in [5, 5.41) is 0.630. The number of hydrogen-bond donors (Lipinski definition) is 0. The number of rotatable bonds is 3. The lowest BCUT2D eigenvalue weighted by Crippen LogP contribution is -1.97. The van der Waals surface area contributed by atoms with Crippen LogP contribution in [0.15, 0.2) is 27.3 Å². The Morgan fingerprint density at radius 3 is 2.88 bits per heavy atom. The molecule has 0 fully saturated rings. The molecule has 0 aromatic carbocycles. The van der Waals surface area contributed by atoms with Gasteiger partial charge in [0.1, 0.15) is 17.6 Å². The lowest BCUT2D eigenvalue weighted by atomic mass is 10.3. The summed E-state index contributed by atoms with van der Waals surface area (Å²) < 4.78 is 18.9. The van der Waals surface area contributed by atoms with E-state index in [4.69, 9.17) is 4.42 Å². The molecule has 0 N–H and O–H groups in total. The van der Waals surface area contributed by atoms with Crippen molar-refractivity contribution in [3.8, 4) is 0 Å². The molecule has 2 rings (SSSR count). The summed E-state index contributed by atoms with van der Waals surface area (Å²) in [5.41, 5.74) is 1.16. The Hall–Kier alpha value is -1.43. The van der Waals surface area contributed by atoms with Crippen molar-refractivity contribution in [1.29, 1.82) is 0 Å². The summed E-state index contributed by atoms with van der Waals surface area (Å²) in [5.74, 6) is -0.397. The highest BCUT2D eigenvalue weighted by Crippen LogP contribution is 2.27. The van der Waals surface area contributed by atoms with Gasteiger partial charge in [0, 0.05) is 0 Å². The summed E-state index contributed by atoms with van der Waals surface area (Å²) in [6.07, 6.45) is 3.40. The third-order valence-electron chi connectivity index (χ3n) is 1.95. The van der Waals surface area contributed by atoms with Gasteiger partial charge in [0.2, 0.25) is 0 Å². The van der Waals surface area contributed by atoms with E-state index in [9.17, 15) is 4.39 Å². The minimum Gasteiger partial charge on any atom is -0.439 e. The second-order valence-corrected chi connectivity index (χ2v) is 4.09. The standard InChI is InChI=1S/C10H10FN3OS/c1-3-7-8(11)9(13-5-12-7)16-10-14-6(2)4-15-10/h4-5H,3H2,1-2H3. The highest BCUT2D eigenvalue weighted by molar-refractivity contribution is 7.99. The van der Waals surface area contributed by atoms with Crippen molar-refractivity contribution in [2.75, 3.05) is 0 Å². The van der Waals surface area contributed by atoms with E-state index in [1.807, 2.05) is 6.92 Å². The van der Waals surface area contributed by atoms with E-state index in [0.29, 0.717) is 17.3 Å². The molecule has 2 aromatic heterocycles. The van der Waals surface area contributed by atoms with Gasteiger partial charge in [0.15, 0.2) is 5.82 Å². The van der Waals surface area contributed by atoms with Gasteiger partial charge in [-0.2, -0.15) is 0 Å². The van der Waals surface area contributed by atoms with Crippen LogP contribution >= 0.6 is 11.8 Å². The monoisotopic (exact) mass is 239 g/mol. The van der Waals surface area contributed by atoms with Crippen LogP contribution in [0.1, 0.15) is 18.3 Å². The minimum absolute atomic E-state index is 0.244. The number of aryl methyl sites for hydroxylation is 2. The first-order valence-corrected chi connectivity index (χ1v) is 5.61. The van der Waals surface area contributed by atoms with E-state index in [-0.39, 0.29) is 5.03 Å². The predicted octanol–water partition coefficient (Wildman–Crippen LogP) is 2.63. The Labute approximate surface area is 96.3 Å². The number of oxazole rings is 1. The van der Waals surface area contributed by atoms with Crippen molar-refractivity contribution in [2.45, 2.75) is 30.5 Å². The van der Waals surface area contributed by atoms with Crippen LogP contribution in [0.25, 0.3) is 0 Å². The van der Waals surface area contributed by atoms with Crippen molar-refractivity contribution in [1.82, 2.24) is 15.0 Å². The zero-order valence-electron chi connectivity index (χ0n) is 8.90. The molecule has 0 amide bonds. The Bertz CT molecular complexity index is 501. The molecule has 2 heterocycles. The van der Waals surface area contributed by atoms with Crippen LogP contribution in [-0.2, 0) is 6.42 Å². The first-order chi connectivity index (χ1) is 7.70. The summed E-state index contributed by atoms with van der Waals surface area (Å²) in [6, 6.07) is 0. The van der Waals surface area contributed by atoms with Crippen LogP contribution in [0, 0.1) is 12.7 Å². The van der Waals surface area contributed by atoms with Gasteiger partial charge in [-0.3, -0.25) is 0 Å². The van der Waals surface area contributed by atoms with Gasteiger partial charge in [0.05, 0.1) is 11.4 Å². The van der Waals surface area contributed by atoms with E-state index >= 15 is 0 Å². The molecule has 84 valence electrons. The maximum Gasteiger partial charge on any atom is 0.262 e. The average molecular weight is 239 g/mol. The third kappa shape index (κ3) is 2.21. The zero-order valence-corrected chi connectivity index (χ0v) is 9.71. The molecular weight excluding hydrogens is 229 g/mol. The third-order valence-corrected chi connectivity index (χ3v) is 2.79. The van der Waals surface area contributed by atoms with Gasteiger partial charge >= 0.3 is 0 Å². The quantitative estimate of drug-likeness (QED) is 0.771. The van der Waals surface area contributed by atoms with Gasteiger partial charge in [-0.15, -0.1) is 0 Å². The first kappa shape index (κ1) is 11.1. The van der Waals surface area contributed by atoms with E-state index < -0.39 is 5.82 Å². The fraction of sp³-hybridized carbons (Fsp3) is 0.300. The van der Waals surface area contributed by atoms with E-state index in [0.717, 1.165) is 17.5 Å². The second-order valence-electron chi connectivity index (χ2n) is 3.15. The molecule has 6 heteroatoms. The van der Waals surface area contributed by atoms with Crippen molar-refractivity contribution in [2.24, 2.45) is 0 Å². The lowest BCUT2D eigenvalue weighted by molar-refractivity contribution is 0.452. The number of hydrogen-bond acceptors (Lipinski definition) is 5. The molecule has 0 saturated carbocycles. The zero-order chi connectivity index (χ0) is 11.5. The summed E-state index contributed by atoms with van der Waals surface area (Å²) in [4.78, 5) is 11.8. The van der Waals surface area contributed by atoms with Gasteiger partial charge in [-0.25, -0.2) is 19.3 Å². The molecule has 16 heavy (non-hydrogen) atoms. The lowest BCUT2D eigenvalue weighted by Gasteiger charge is -2.01. The summed E-state index contributed by atoms with van der Waals surface area (Å²) >= 11 is 1.06. The maximum absolute atomic E-state index is 13.8. The highest BCUT2D eigenvalue weighted by atomic mass is 32.2. The summed E-state index contributed by atoms with van der Waals surface area (Å²) in [7, 11) is 0. The highest BCUT2D eigenvalue weighted by Gasteiger charge is 2.13. The molecule has 0 atom stereocenters. The predicted molar refractivity (Wildman–Crippen MR) is 56.7 cm³/mol. The SMILES string of the molecule is CCc1ncnc(Sc2nc(C)co2)c1F. The molecule has 2 aromatic rings. The fourth-order valence-electron chi connectivity index (χ4n) is 1.17. The molecule has 0 radical (unpaired) electrons. The Morgan fingerprint density at radius 2 is 2.25 bits per heavy atom. The molecule has 4 nitrogen and oxygen atoms in total. The molecule has 0 unspecified atom stereocenters. The van der Waals surface area contributed by atoms with Gasteiger partial charge in [0.25, 0.3) is 5.22 Å². The minimum atomic E-state index is -0.397. The Balaban J connectivity index is 2.28. The average Bonchev–Trinajstić information content (AvgIpc) is 2.67. The fourth-order valence-corrected chi connectivity index (χ4v) is 1.93. The second kappa shape index (κ2) is 4.61. The van der Waals surface area contributed by atoms with E-state index in [2.05, 4.69) is 15.0 Å². The van der Waals surface area contributed by atoms with Crippen molar-refractivity contribution < 1.29 is 8.81 Å². The smallest absolute Gasteiger partial charge is 0.262 e. The van der Waals surface area contributed by atoms with Crippen LogP contribution < -0.4 is 0 Å². The van der Waals surface area contributed by atoms with Crippen LogP contribution in [0.3, 0.4) is 0 Å². The molecule has 0 aliphatic rings. The van der Waals surface area contributed by atoms with Crippen molar-refractivity contribution >= 4 is 11.8 Å². The molecule has 0 spiro atoms. The maximum atomic E-state index is 13.8. The van der Waals surface area contributed by atoms with Crippen LogP contribution in [0.2, 0.25) is 0 Å². The Morgan fingerprint density at radius 1 is 1.44 bits per heavy atom. The summed E-state index contributed by atoms with van der Waals surface area (Å²) in [6.45, 7) is 3.65. The number of nitrogens with zero attached hydrogens (tertiary/aromatic N) is 3. The van der Waals surface area contributed by atoms with Crippen molar-refractivity contribution in [3.05, 3.63) is 29.8 Å². The normalized spacial score (nSPS) is 10.7. The van der Waals surface area contributed by atoms with Crippen LogP contribution in [0.4, 0.5) is 4.39 Å². The molecule has 0 bridgehead atoms. The van der Waals surface area contributed by atoms with E-state index in [1.54, 1.807) is 6.92 Å². The number of halogens is 1. The largest absolute Gasteiger partial charge is 0.439 e. The number of aromatic nitrogens is 3. The molecular formula is C10H10FN3OS. The Kier molecular flexibility index (Phi) is 3.19. The molecule has 0 saturated heterocycles. The molecule has 0 aliphatic heterocycles. The van der Waals surface area contributed by atoms with E-state index in [1.165, 1.54) is 12.6 Å². The first-order valence-electron chi connectivity index (χ1n) is 4.80. The van der Waals surface area contributed by atoms with Crippen LogP contribution in [-0.4, -0.2) is 15.0 Å². The van der Waals surface area contributed by atoms with Crippen LogP contribution in [0.5, 0.6) is 0 Å². The van der Waals surface area contributed by atoms with Gasteiger partial charge < -0.3 is 4.42 Å². The topological polar surface area (TPSA) is 51.8 Å². The molecule has 0 aliphatic carbocycles.